The lowest BCUT2D eigenvalue weighted by Crippen LogP contribution is -2.36. The van der Waals surface area contributed by atoms with E-state index in [1.807, 2.05) is 38.1 Å². The molecule has 0 amide bonds. The Morgan fingerprint density at radius 3 is 2.88 bits per heavy atom. The average Bonchev–Trinajstić information content (AvgIpc) is 2.67. The maximum absolute atomic E-state index is 12.4. The van der Waals surface area contributed by atoms with Gasteiger partial charge in [-0.15, -0.1) is 0 Å². The summed E-state index contributed by atoms with van der Waals surface area (Å²) in [6, 6.07) is 7.64. The summed E-state index contributed by atoms with van der Waals surface area (Å²) in [6.07, 6.45) is 0. The van der Waals surface area contributed by atoms with E-state index in [0.717, 1.165) is 16.9 Å². The second kappa shape index (κ2) is 3.66. The molecule has 0 radical (unpaired) electrons. The van der Waals surface area contributed by atoms with Crippen molar-refractivity contribution >= 4 is 34.0 Å². The van der Waals surface area contributed by atoms with Crippen molar-refractivity contribution in [3.8, 4) is 0 Å². The predicted molar refractivity (Wildman–Crippen MR) is 68.4 cm³/mol. The highest BCUT2D eigenvalue weighted by molar-refractivity contribution is 7.82. The van der Waals surface area contributed by atoms with Crippen LogP contribution in [0.2, 0.25) is 0 Å². The number of imidazole rings is 1. The Morgan fingerprint density at radius 1 is 1.35 bits per heavy atom. The van der Waals surface area contributed by atoms with Crippen molar-refractivity contribution in [1.82, 2.24) is 13.3 Å². The Hall–Kier alpha value is -1.69. The number of rotatable bonds is 1. The third-order valence-corrected chi connectivity index (χ3v) is 4.33. The van der Waals surface area contributed by atoms with Gasteiger partial charge in [-0.25, -0.2) is 13.2 Å². The van der Waals surface area contributed by atoms with Gasteiger partial charge in [0.1, 0.15) is 5.84 Å². The highest BCUT2D eigenvalue weighted by atomic mass is 32.2. The summed E-state index contributed by atoms with van der Waals surface area (Å²) >= 11 is -1.27. The Morgan fingerprint density at radius 2 is 2.12 bits per heavy atom. The van der Waals surface area contributed by atoms with Crippen LogP contribution in [0.1, 0.15) is 13.8 Å². The maximum atomic E-state index is 12.4. The van der Waals surface area contributed by atoms with Gasteiger partial charge in [0, 0.05) is 6.54 Å². The standard InChI is InChI=1S/C11H12N4OS/c1-3-14-8(2)12-11-13-9-6-4-5-7-10(9)15(11)17(14)16/h4-7H,3H2,1-2H3. The Kier molecular flexibility index (Phi) is 2.25. The van der Waals surface area contributed by atoms with Crippen molar-refractivity contribution in [2.45, 2.75) is 13.8 Å². The molecule has 88 valence electrons. The summed E-state index contributed by atoms with van der Waals surface area (Å²) in [5.74, 6) is 1.26. The van der Waals surface area contributed by atoms with Crippen LogP contribution < -0.4 is 0 Å². The molecule has 17 heavy (non-hydrogen) atoms. The lowest BCUT2D eigenvalue weighted by molar-refractivity contribution is 0.600. The number of nitrogens with zero attached hydrogens (tertiary/aromatic N) is 4. The number of amidine groups is 1. The largest absolute Gasteiger partial charge is 0.262 e. The molecular formula is C11H12N4OS. The van der Waals surface area contributed by atoms with Gasteiger partial charge in [-0.05, 0) is 26.0 Å². The van der Waals surface area contributed by atoms with Crippen molar-refractivity contribution < 1.29 is 4.21 Å². The molecule has 1 aliphatic heterocycles. The second-order valence-electron chi connectivity index (χ2n) is 3.78. The molecule has 1 aliphatic rings. The highest BCUT2D eigenvalue weighted by Gasteiger charge is 2.25. The van der Waals surface area contributed by atoms with E-state index in [-0.39, 0.29) is 0 Å². The van der Waals surface area contributed by atoms with E-state index < -0.39 is 11.2 Å². The molecule has 2 heterocycles. The van der Waals surface area contributed by atoms with Crippen LogP contribution in [0.3, 0.4) is 0 Å². The molecule has 1 aromatic carbocycles. The zero-order chi connectivity index (χ0) is 12.0. The molecule has 6 heteroatoms. The summed E-state index contributed by atoms with van der Waals surface area (Å²) in [5, 5.41) is 0. The molecule has 1 aromatic heterocycles. The van der Waals surface area contributed by atoms with E-state index in [4.69, 9.17) is 0 Å². The number of hydrogen-bond donors (Lipinski definition) is 0. The Labute approximate surface area is 102 Å². The Bertz CT molecular complexity index is 646. The van der Waals surface area contributed by atoms with Crippen molar-refractivity contribution in [2.75, 3.05) is 6.54 Å². The molecule has 1 unspecified atom stereocenters. The number of fused-ring (bicyclic) bond motifs is 3. The first-order chi connectivity index (χ1) is 8.22. The Balaban J connectivity index is 2.32. The first-order valence-electron chi connectivity index (χ1n) is 5.45. The molecule has 0 fully saturated rings. The van der Waals surface area contributed by atoms with Gasteiger partial charge in [0.25, 0.3) is 0 Å². The van der Waals surface area contributed by atoms with Crippen LogP contribution in [0.4, 0.5) is 5.95 Å². The molecule has 0 saturated heterocycles. The van der Waals surface area contributed by atoms with Crippen LogP contribution in [0.25, 0.3) is 11.0 Å². The van der Waals surface area contributed by atoms with Gasteiger partial charge in [-0.3, -0.25) is 4.31 Å². The van der Waals surface area contributed by atoms with Crippen molar-refractivity contribution in [3.05, 3.63) is 24.3 Å². The van der Waals surface area contributed by atoms with Crippen LogP contribution in [-0.2, 0) is 11.2 Å². The normalized spacial score (nSPS) is 19.3. The number of benzene rings is 1. The molecule has 0 aliphatic carbocycles. The zero-order valence-corrected chi connectivity index (χ0v) is 10.4. The van der Waals surface area contributed by atoms with Crippen molar-refractivity contribution in [1.29, 1.82) is 0 Å². The van der Waals surface area contributed by atoms with Crippen LogP contribution >= 0.6 is 0 Å². The SMILES string of the molecule is CCN1C(C)=Nc2nc3ccccc3n2S1=O. The smallest absolute Gasteiger partial charge is 0.246 e. The summed E-state index contributed by atoms with van der Waals surface area (Å²) in [5.41, 5.74) is 1.68. The number of para-hydroxylation sites is 2. The molecule has 1 atom stereocenters. The average molecular weight is 248 g/mol. The molecular weight excluding hydrogens is 236 g/mol. The van der Waals surface area contributed by atoms with Gasteiger partial charge in [0.15, 0.2) is 0 Å². The quantitative estimate of drug-likeness (QED) is 0.773. The van der Waals surface area contributed by atoms with Crippen LogP contribution in [0.5, 0.6) is 0 Å². The third-order valence-electron chi connectivity index (χ3n) is 2.76. The predicted octanol–water partition coefficient (Wildman–Crippen LogP) is 1.85. The molecule has 0 spiro atoms. The van der Waals surface area contributed by atoms with Crippen LogP contribution in [0.15, 0.2) is 29.3 Å². The topological polar surface area (TPSA) is 50.5 Å². The lowest BCUT2D eigenvalue weighted by Gasteiger charge is -2.25. The van der Waals surface area contributed by atoms with E-state index in [1.54, 1.807) is 8.28 Å². The molecule has 5 nitrogen and oxygen atoms in total. The van der Waals surface area contributed by atoms with Gasteiger partial charge in [-0.1, -0.05) is 12.1 Å². The fourth-order valence-electron chi connectivity index (χ4n) is 1.97. The minimum Gasteiger partial charge on any atom is -0.262 e. The number of hydrogen-bond acceptors (Lipinski definition) is 3. The summed E-state index contributed by atoms with van der Waals surface area (Å²) in [7, 11) is 0. The first kappa shape index (κ1) is 10.5. The van der Waals surface area contributed by atoms with Gasteiger partial charge >= 0.3 is 0 Å². The second-order valence-corrected chi connectivity index (χ2v) is 5.05. The summed E-state index contributed by atoms with van der Waals surface area (Å²) < 4.78 is 15.8. The number of aliphatic imine (C=N–C) groups is 1. The fraction of sp³-hybridized carbons (Fsp3) is 0.273. The molecule has 0 N–H and O–H groups in total. The third kappa shape index (κ3) is 1.40. The zero-order valence-electron chi connectivity index (χ0n) is 9.62. The van der Waals surface area contributed by atoms with Gasteiger partial charge in [-0.2, -0.15) is 4.99 Å². The fourth-order valence-corrected chi connectivity index (χ4v) is 3.20. The van der Waals surface area contributed by atoms with Crippen molar-refractivity contribution in [3.63, 3.8) is 0 Å². The molecule has 0 bridgehead atoms. The summed E-state index contributed by atoms with van der Waals surface area (Å²) in [6.45, 7) is 4.47. The van der Waals surface area contributed by atoms with E-state index in [2.05, 4.69) is 9.98 Å². The molecule has 0 saturated carbocycles. The maximum Gasteiger partial charge on any atom is 0.246 e. The van der Waals surface area contributed by atoms with Crippen LogP contribution in [0, 0.1) is 0 Å². The van der Waals surface area contributed by atoms with Gasteiger partial charge < -0.3 is 0 Å². The monoisotopic (exact) mass is 248 g/mol. The summed E-state index contributed by atoms with van der Waals surface area (Å²) in [4.78, 5) is 8.77. The van der Waals surface area contributed by atoms with E-state index in [1.165, 1.54) is 0 Å². The van der Waals surface area contributed by atoms with Crippen LogP contribution in [-0.4, -0.2) is 29.9 Å². The van der Waals surface area contributed by atoms with E-state index in [9.17, 15) is 4.21 Å². The van der Waals surface area contributed by atoms with E-state index >= 15 is 0 Å². The highest BCUT2D eigenvalue weighted by Crippen LogP contribution is 2.27. The van der Waals surface area contributed by atoms with Crippen molar-refractivity contribution in [2.24, 2.45) is 4.99 Å². The molecule has 2 aromatic rings. The van der Waals surface area contributed by atoms with E-state index in [0.29, 0.717) is 12.5 Å². The minimum atomic E-state index is -1.27. The number of aromatic nitrogens is 2. The van der Waals surface area contributed by atoms with Gasteiger partial charge in [0.05, 0.1) is 11.0 Å². The minimum absolute atomic E-state index is 0.520. The first-order valence-corrected chi connectivity index (χ1v) is 6.51. The lowest BCUT2D eigenvalue weighted by atomic mass is 10.3. The van der Waals surface area contributed by atoms with Gasteiger partial charge in [0.2, 0.25) is 17.1 Å². The molecule has 3 rings (SSSR count).